The van der Waals surface area contributed by atoms with E-state index in [0.29, 0.717) is 4.99 Å². The molecule has 0 atom stereocenters. The van der Waals surface area contributed by atoms with Gasteiger partial charge in [0.25, 0.3) is 0 Å². The molecule has 1 aromatic rings. The van der Waals surface area contributed by atoms with E-state index in [2.05, 4.69) is 35.2 Å². The van der Waals surface area contributed by atoms with Gasteiger partial charge in [0.05, 0.1) is 11.3 Å². The molecule has 0 unspecified atom stereocenters. The van der Waals surface area contributed by atoms with E-state index in [1.54, 1.807) is 11.8 Å². The van der Waals surface area contributed by atoms with E-state index in [4.69, 9.17) is 18.0 Å². The van der Waals surface area contributed by atoms with E-state index < -0.39 is 0 Å². The molecule has 4 nitrogen and oxygen atoms in total. The second-order valence-electron chi connectivity index (χ2n) is 4.31. The van der Waals surface area contributed by atoms with Gasteiger partial charge in [-0.15, -0.1) is 5.10 Å². The van der Waals surface area contributed by atoms with Crippen molar-refractivity contribution in [3.05, 3.63) is 16.8 Å². The molecule has 106 valence electrons. The molecule has 0 aliphatic heterocycles. The summed E-state index contributed by atoms with van der Waals surface area (Å²) in [6.07, 6.45) is 3.81. The first-order valence-corrected chi connectivity index (χ1v) is 8.25. The average Bonchev–Trinajstić information content (AvgIpc) is 2.42. The maximum absolute atomic E-state index is 5.91. The Morgan fingerprint density at radius 3 is 2.47 bits per heavy atom. The number of nitrogens with zero attached hydrogens (tertiary/aromatic N) is 3. The number of aromatic nitrogens is 2. The molecule has 0 aliphatic carbocycles. The van der Waals surface area contributed by atoms with Crippen molar-refractivity contribution in [2.24, 2.45) is 5.73 Å². The minimum absolute atomic E-state index is 0.410. The average molecular weight is 298 g/mol. The molecule has 0 bridgehead atoms. The second-order valence-corrected chi connectivity index (χ2v) is 5.73. The van der Waals surface area contributed by atoms with E-state index in [1.807, 2.05) is 7.05 Å². The zero-order chi connectivity index (χ0) is 14.4. The van der Waals surface area contributed by atoms with E-state index >= 15 is 0 Å². The molecule has 1 aromatic heterocycles. The van der Waals surface area contributed by atoms with Crippen LogP contribution in [0.15, 0.2) is 0 Å². The highest BCUT2D eigenvalue weighted by Crippen LogP contribution is 2.23. The fraction of sp³-hybridized carbons (Fsp3) is 0.615. The summed E-state index contributed by atoms with van der Waals surface area (Å²) in [5.41, 5.74) is 8.94. The van der Waals surface area contributed by atoms with E-state index in [9.17, 15) is 0 Å². The summed E-state index contributed by atoms with van der Waals surface area (Å²) in [5, 5.41) is 8.66. The maximum atomic E-state index is 5.91. The molecule has 0 aliphatic rings. The predicted molar refractivity (Wildman–Crippen MR) is 88.3 cm³/mol. The van der Waals surface area contributed by atoms with Crippen LogP contribution in [-0.4, -0.2) is 40.8 Å². The van der Waals surface area contributed by atoms with Gasteiger partial charge in [0.15, 0.2) is 5.82 Å². The van der Waals surface area contributed by atoms with Gasteiger partial charge in [-0.3, -0.25) is 0 Å². The summed E-state index contributed by atoms with van der Waals surface area (Å²) in [6, 6.07) is 0. The number of thioether (sulfide) groups is 1. The van der Waals surface area contributed by atoms with E-state index in [1.165, 1.54) is 0 Å². The van der Waals surface area contributed by atoms with Crippen LogP contribution in [0.25, 0.3) is 0 Å². The van der Waals surface area contributed by atoms with E-state index in [-0.39, 0.29) is 0 Å². The highest BCUT2D eigenvalue weighted by atomic mass is 32.2. The van der Waals surface area contributed by atoms with Gasteiger partial charge in [0.1, 0.15) is 4.99 Å². The van der Waals surface area contributed by atoms with Crippen LogP contribution in [0.1, 0.15) is 30.7 Å². The number of aryl methyl sites for hydroxylation is 1. The summed E-state index contributed by atoms with van der Waals surface area (Å²) < 4.78 is 0. The van der Waals surface area contributed by atoms with Crippen molar-refractivity contribution in [2.45, 2.75) is 26.7 Å². The first-order chi connectivity index (χ1) is 9.06. The summed E-state index contributed by atoms with van der Waals surface area (Å²) >= 11 is 7.02. The monoisotopic (exact) mass is 298 g/mol. The third kappa shape index (κ3) is 3.79. The first kappa shape index (κ1) is 16.2. The highest BCUT2D eigenvalue weighted by Gasteiger charge is 2.19. The zero-order valence-corrected chi connectivity index (χ0v) is 13.7. The number of thiocarbonyl (C=S) groups is 1. The Bertz CT molecular complexity index is 449. The molecule has 0 aromatic carbocycles. The lowest BCUT2D eigenvalue weighted by Gasteiger charge is -2.22. The summed E-state index contributed by atoms with van der Waals surface area (Å²) in [5.74, 6) is 1.84. The van der Waals surface area contributed by atoms with Gasteiger partial charge < -0.3 is 10.6 Å². The Morgan fingerprint density at radius 2 is 2.00 bits per heavy atom. The third-order valence-corrected chi connectivity index (χ3v) is 3.86. The van der Waals surface area contributed by atoms with Gasteiger partial charge >= 0.3 is 0 Å². The minimum atomic E-state index is 0.410. The van der Waals surface area contributed by atoms with Gasteiger partial charge in [0, 0.05) is 19.3 Å². The lowest BCUT2D eigenvalue weighted by Crippen LogP contribution is -2.27. The molecular formula is C13H22N4S2. The Morgan fingerprint density at radius 1 is 1.32 bits per heavy atom. The van der Waals surface area contributed by atoms with Crippen LogP contribution in [0, 0.1) is 0 Å². The number of rotatable bonds is 7. The Labute approximate surface area is 125 Å². The zero-order valence-electron chi connectivity index (χ0n) is 12.1. The van der Waals surface area contributed by atoms with Crippen molar-refractivity contribution in [2.75, 3.05) is 30.5 Å². The van der Waals surface area contributed by atoms with Crippen LogP contribution in [0.2, 0.25) is 0 Å². The van der Waals surface area contributed by atoms with E-state index in [0.717, 1.165) is 47.8 Å². The smallest absolute Gasteiger partial charge is 0.161 e. The molecule has 0 fully saturated rings. The van der Waals surface area contributed by atoms with Crippen LogP contribution < -0.4 is 10.6 Å². The van der Waals surface area contributed by atoms with Crippen molar-refractivity contribution < 1.29 is 0 Å². The first-order valence-electron chi connectivity index (χ1n) is 6.45. The fourth-order valence-electron chi connectivity index (χ4n) is 2.02. The van der Waals surface area contributed by atoms with Gasteiger partial charge in [-0.05, 0) is 24.7 Å². The topological polar surface area (TPSA) is 55.0 Å². The SMILES string of the molecule is CCc1nnc(N(C)CCSC)c(C(N)=S)c1CC. The molecule has 2 N–H and O–H groups in total. The number of nitrogens with two attached hydrogens (primary N) is 1. The molecule has 0 saturated carbocycles. The maximum Gasteiger partial charge on any atom is 0.161 e. The van der Waals surface area contributed by atoms with Crippen molar-refractivity contribution in [3.8, 4) is 0 Å². The summed E-state index contributed by atoms with van der Waals surface area (Å²) in [4.78, 5) is 2.49. The van der Waals surface area contributed by atoms with Gasteiger partial charge in [-0.25, -0.2) is 0 Å². The molecular weight excluding hydrogens is 276 g/mol. The fourth-order valence-corrected chi connectivity index (χ4v) is 2.69. The summed E-state index contributed by atoms with van der Waals surface area (Å²) in [7, 11) is 2.01. The van der Waals surface area contributed by atoms with Gasteiger partial charge in [-0.2, -0.15) is 16.9 Å². The molecule has 6 heteroatoms. The third-order valence-electron chi connectivity index (χ3n) is 3.07. The van der Waals surface area contributed by atoms with Crippen LogP contribution >= 0.6 is 24.0 Å². The number of hydrogen-bond donors (Lipinski definition) is 1. The Balaban J connectivity index is 3.27. The lowest BCUT2D eigenvalue weighted by atomic mass is 10.0. The molecule has 1 heterocycles. The quantitative estimate of drug-likeness (QED) is 0.777. The number of anilines is 1. The minimum Gasteiger partial charge on any atom is -0.389 e. The van der Waals surface area contributed by atoms with Crippen molar-refractivity contribution in [1.29, 1.82) is 0 Å². The Kier molecular flexibility index (Phi) is 6.51. The van der Waals surface area contributed by atoms with Crippen LogP contribution in [0.3, 0.4) is 0 Å². The normalized spacial score (nSPS) is 10.5. The van der Waals surface area contributed by atoms with Crippen LogP contribution in [0.4, 0.5) is 5.82 Å². The highest BCUT2D eigenvalue weighted by molar-refractivity contribution is 7.98. The van der Waals surface area contributed by atoms with Crippen LogP contribution in [-0.2, 0) is 12.8 Å². The van der Waals surface area contributed by atoms with Gasteiger partial charge in [-0.1, -0.05) is 26.1 Å². The van der Waals surface area contributed by atoms with Gasteiger partial charge in [0.2, 0.25) is 0 Å². The predicted octanol–water partition coefficient (Wildman–Crippen LogP) is 2.03. The molecule has 0 spiro atoms. The van der Waals surface area contributed by atoms with Crippen molar-refractivity contribution >= 4 is 34.8 Å². The molecule has 0 radical (unpaired) electrons. The molecule has 0 amide bonds. The second kappa shape index (κ2) is 7.65. The molecule has 19 heavy (non-hydrogen) atoms. The summed E-state index contributed by atoms with van der Waals surface area (Å²) in [6.45, 7) is 5.08. The van der Waals surface area contributed by atoms with Crippen LogP contribution in [0.5, 0.6) is 0 Å². The lowest BCUT2D eigenvalue weighted by molar-refractivity contribution is 0.837. The Hall–Kier alpha value is -0.880. The number of hydrogen-bond acceptors (Lipinski definition) is 5. The molecule has 0 saturated heterocycles. The standard InChI is InChI=1S/C13H22N4S2/c1-5-9-10(6-2)15-16-13(11(9)12(14)18)17(3)7-8-19-4/h5-8H2,1-4H3,(H2,14,18). The van der Waals surface area contributed by atoms with Crippen molar-refractivity contribution in [3.63, 3.8) is 0 Å². The largest absolute Gasteiger partial charge is 0.389 e. The van der Waals surface area contributed by atoms with Crippen molar-refractivity contribution in [1.82, 2.24) is 10.2 Å². The molecule has 1 rings (SSSR count).